The van der Waals surface area contributed by atoms with Crippen LogP contribution in [0.5, 0.6) is 5.75 Å². The third-order valence-electron chi connectivity index (χ3n) is 3.64. The van der Waals surface area contributed by atoms with Crippen LogP contribution in [-0.4, -0.2) is 30.0 Å². The zero-order chi connectivity index (χ0) is 15.7. The van der Waals surface area contributed by atoms with Crippen molar-refractivity contribution >= 4 is 11.6 Å². The topological polar surface area (TPSA) is 55.6 Å². The van der Waals surface area contributed by atoms with Crippen LogP contribution in [0.15, 0.2) is 24.3 Å². The van der Waals surface area contributed by atoms with Crippen LogP contribution in [0.4, 0.5) is 5.69 Å². The highest BCUT2D eigenvalue weighted by Gasteiger charge is 2.17. The van der Waals surface area contributed by atoms with Crippen molar-refractivity contribution in [3.63, 3.8) is 0 Å². The third kappa shape index (κ3) is 6.06. The van der Waals surface area contributed by atoms with Crippen LogP contribution in [0.25, 0.3) is 0 Å². The van der Waals surface area contributed by atoms with E-state index in [1.165, 1.54) is 0 Å². The summed E-state index contributed by atoms with van der Waals surface area (Å²) in [4.78, 5) is 14.3. The third-order valence-corrected chi connectivity index (χ3v) is 3.64. The van der Waals surface area contributed by atoms with E-state index in [1.807, 2.05) is 23.1 Å². The molecule has 0 radical (unpaired) electrons. The van der Waals surface area contributed by atoms with Crippen LogP contribution in [0, 0.1) is 0 Å². The highest BCUT2D eigenvalue weighted by atomic mass is 16.5. The lowest BCUT2D eigenvalue weighted by Gasteiger charge is -2.28. The molecule has 0 spiro atoms. The molecule has 1 aromatic carbocycles. The number of benzene rings is 1. The van der Waals surface area contributed by atoms with E-state index in [0.29, 0.717) is 24.5 Å². The van der Waals surface area contributed by atoms with E-state index in [1.54, 1.807) is 6.07 Å². The average Bonchev–Trinajstić information content (AvgIpc) is 2.47. The number of ether oxygens (including phenoxy) is 1. The summed E-state index contributed by atoms with van der Waals surface area (Å²) in [6.45, 7) is 7.58. The van der Waals surface area contributed by atoms with Crippen LogP contribution < -0.4 is 10.5 Å². The van der Waals surface area contributed by atoms with Crippen LogP contribution >= 0.6 is 0 Å². The van der Waals surface area contributed by atoms with Crippen LogP contribution in [0.1, 0.15) is 46.5 Å². The van der Waals surface area contributed by atoms with Crippen molar-refractivity contribution in [2.45, 2.75) is 52.5 Å². The van der Waals surface area contributed by atoms with Gasteiger partial charge >= 0.3 is 0 Å². The number of hydrogen-bond acceptors (Lipinski definition) is 3. The molecule has 0 aliphatic carbocycles. The number of nitrogens with two attached hydrogens (primary N) is 1. The van der Waals surface area contributed by atoms with E-state index in [2.05, 4.69) is 20.8 Å². The second-order valence-electron chi connectivity index (χ2n) is 5.37. The number of nitrogen functional groups attached to an aromatic ring is 1. The molecule has 4 heteroatoms. The molecule has 0 aliphatic rings. The number of carbonyl (C=O) groups excluding carboxylic acids is 1. The lowest BCUT2D eigenvalue weighted by atomic mass is 10.2. The first-order chi connectivity index (χ1) is 10.1. The summed E-state index contributed by atoms with van der Waals surface area (Å²) in [5.74, 6) is 0.883. The summed E-state index contributed by atoms with van der Waals surface area (Å²) >= 11 is 0. The lowest BCUT2D eigenvalue weighted by molar-refractivity contribution is -0.133. The van der Waals surface area contributed by atoms with Gasteiger partial charge in [-0.05, 0) is 31.9 Å². The Morgan fingerprint density at radius 2 is 2.14 bits per heavy atom. The molecule has 118 valence electrons. The van der Waals surface area contributed by atoms with Gasteiger partial charge in [-0.25, -0.2) is 0 Å². The molecular weight excluding hydrogens is 264 g/mol. The van der Waals surface area contributed by atoms with Gasteiger partial charge in [0, 0.05) is 24.3 Å². The van der Waals surface area contributed by atoms with Crippen molar-refractivity contribution in [2.75, 3.05) is 18.9 Å². The van der Waals surface area contributed by atoms with E-state index in [4.69, 9.17) is 10.5 Å². The summed E-state index contributed by atoms with van der Waals surface area (Å²) in [5, 5.41) is 0. The number of carbonyl (C=O) groups is 1. The monoisotopic (exact) mass is 292 g/mol. The molecule has 0 aromatic heterocycles. The molecule has 1 amide bonds. The molecule has 0 heterocycles. The number of anilines is 1. The van der Waals surface area contributed by atoms with E-state index in [9.17, 15) is 4.79 Å². The summed E-state index contributed by atoms with van der Waals surface area (Å²) in [7, 11) is 0. The standard InChI is InChI=1S/C17H28N2O2/c1-4-6-11-19(14(3)5-2)17(20)10-12-21-16-9-7-8-15(18)13-16/h7-9,13-14H,4-6,10-12,18H2,1-3H3. The predicted octanol–water partition coefficient (Wildman–Crippen LogP) is 3.46. The van der Waals surface area contributed by atoms with Crippen molar-refractivity contribution in [3.8, 4) is 5.75 Å². The highest BCUT2D eigenvalue weighted by Crippen LogP contribution is 2.15. The van der Waals surface area contributed by atoms with Gasteiger partial charge < -0.3 is 15.4 Å². The van der Waals surface area contributed by atoms with Gasteiger partial charge in [-0.3, -0.25) is 4.79 Å². The molecule has 0 aliphatic heterocycles. The summed E-state index contributed by atoms with van der Waals surface area (Å²) in [6, 6.07) is 7.57. The number of rotatable bonds is 9. The maximum Gasteiger partial charge on any atom is 0.226 e. The van der Waals surface area contributed by atoms with Crippen molar-refractivity contribution in [3.05, 3.63) is 24.3 Å². The van der Waals surface area contributed by atoms with Gasteiger partial charge in [0.05, 0.1) is 13.0 Å². The van der Waals surface area contributed by atoms with Crippen molar-refractivity contribution in [2.24, 2.45) is 0 Å². The maximum absolute atomic E-state index is 12.3. The maximum atomic E-state index is 12.3. The molecule has 1 unspecified atom stereocenters. The van der Waals surface area contributed by atoms with E-state index < -0.39 is 0 Å². The summed E-state index contributed by atoms with van der Waals surface area (Å²) in [5.41, 5.74) is 6.37. The smallest absolute Gasteiger partial charge is 0.226 e. The van der Waals surface area contributed by atoms with E-state index in [0.717, 1.165) is 25.8 Å². The molecule has 4 nitrogen and oxygen atoms in total. The molecule has 21 heavy (non-hydrogen) atoms. The van der Waals surface area contributed by atoms with Gasteiger partial charge in [0.1, 0.15) is 5.75 Å². The first-order valence-electron chi connectivity index (χ1n) is 7.86. The van der Waals surface area contributed by atoms with Gasteiger partial charge in [-0.2, -0.15) is 0 Å². The second-order valence-corrected chi connectivity index (χ2v) is 5.37. The zero-order valence-corrected chi connectivity index (χ0v) is 13.5. The predicted molar refractivity (Wildman–Crippen MR) is 87.3 cm³/mol. The molecule has 0 saturated carbocycles. The summed E-state index contributed by atoms with van der Waals surface area (Å²) < 4.78 is 5.60. The molecular formula is C17H28N2O2. The Hall–Kier alpha value is -1.71. The van der Waals surface area contributed by atoms with Gasteiger partial charge in [0.25, 0.3) is 0 Å². The fraction of sp³-hybridized carbons (Fsp3) is 0.588. The number of amides is 1. The lowest BCUT2D eigenvalue weighted by Crippen LogP contribution is -2.39. The average molecular weight is 292 g/mol. The molecule has 2 N–H and O–H groups in total. The largest absolute Gasteiger partial charge is 0.493 e. The Morgan fingerprint density at radius 3 is 2.76 bits per heavy atom. The van der Waals surface area contributed by atoms with Crippen LogP contribution in [0.2, 0.25) is 0 Å². The molecule has 1 aromatic rings. The van der Waals surface area contributed by atoms with Crippen molar-refractivity contribution in [1.29, 1.82) is 0 Å². The second kappa shape index (κ2) is 9.27. The molecule has 1 atom stereocenters. The van der Waals surface area contributed by atoms with Crippen molar-refractivity contribution < 1.29 is 9.53 Å². The molecule has 0 fully saturated rings. The SMILES string of the molecule is CCCCN(C(=O)CCOc1cccc(N)c1)C(C)CC. The zero-order valence-electron chi connectivity index (χ0n) is 13.5. The van der Waals surface area contributed by atoms with E-state index in [-0.39, 0.29) is 11.9 Å². The first-order valence-corrected chi connectivity index (χ1v) is 7.86. The highest BCUT2D eigenvalue weighted by molar-refractivity contribution is 5.76. The van der Waals surface area contributed by atoms with Gasteiger partial charge in [0.2, 0.25) is 5.91 Å². The quantitative estimate of drug-likeness (QED) is 0.709. The molecule has 1 rings (SSSR count). The van der Waals surface area contributed by atoms with Gasteiger partial charge in [-0.15, -0.1) is 0 Å². The number of hydrogen-bond donors (Lipinski definition) is 1. The minimum atomic E-state index is 0.168. The Bertz CT molecular complexity index is 435. The number of unbranched alkanes of at least 4 members (excludes halogenated alkanes) is 1. The van der Waals surface area contributed by atoms with Crippen LogP contribution in [0.3, 0.4) is 0 Å². The molecule has 0 saturated heterocycles. The van der Waals surface area contributed by atoms with Gasteiger partial charge in [0.15, 0.2) is 0 Å². The first kappa shape index (κ1) is 17.3. The van der Waals surface area contributed by atoms with Crippen LogP contribution in [-0.2, 0) is 4.79 Å². The van der Waals surface area contributed by atoms with E-state index >= 15 is 0 Å². The minimum absolute atomic E-state index is 0.168. The Morgan fingerprint density at radius 1 is 1.38 bits per heavy atom. The van der Waals surface area contributed by atoms with Crippen molar-refractivity contribution in [1.82, 2.24) is 4.90 Å². The van der Waals surface area contributed by atoms with Gasteiger partial charge in [-0.1, -0.05) is 26.3 Å². The fourth-order valence-electron chi connectivity index (χ4n) is 2.14. The molecule has 0 bridgehead atoms. The normalized spacial score (nSPS) is 12.0. The Kier molecular flexibility index (Phi) is 7.65. The minimum Gasteiger partial charge on any atom is -0.493 e. The number of nitrogens with zero attached hydrogens (tertiary/aromatic N) is 1. The fourth-order valence-corrected chi connectivity index (χ4v) is 2.14. The summed E-state index contributed by atoms with van der Waals surface area (Å²) in [6.07, 6.45) is 3.53. The Balaban J connectivity index is 2.45. The Labute approximate surface area is 128 Å².